The lowest BCUT2D eigenvalue weighted by Gasteiger charge is -2.35. The molecule has 1 atom stereocenters. The first kappa shape index (κ1) is 37.9. The van der Waals surface area contributed by atoms with Crippen LogP contribution in [0.5, 0.6) is 0 Å². The Morgan fingerprint density at radius 2 is 1.74 bits per heavy atom. The van der Waals surface area contributed by atoms with Gasteiger partial charge in [-0.05, 0) is 36.2 Å². The Labute approximate surface area is 322 Å². The minimum Gasteiger partial charge on any atom is -0.378 e. The fourth-order valence-electron chi connectivity index (χ4n) is 7.56. The van der Waals surface area contributed by atoms with Gasteiger partial charge in [0.25, 0.3) is 11.5 Å². The number of nitrogens with zero attached hydrogens (tertiary/aromatic N) is 7. The highest BCUT2D eigenvalue weighted by molar-refractivity contribution is 5.95. The van der Waals surface area contributed by atoms with Crippen molar-refractivity contribution in [1.82, 2.24) is 30.0 Å². The molecule has 6 heterocycles. The van der Waals surface area contributed by atoms with Crippen LogP contribution in [0.25, 0.3) is 22.2 Å². The molecule has 3 aliphatic heterocycles. The Balaban J connectivity index is 1.12. The van der Waals surface area contributed by atoms with Crippen LogP contribution in [0.15, 0.2) is 59.5 Å². The van der Waals surface area contributed by atoms with E-state index in [4.69, 9.17) is 20.2 Å². The van der Waals surface area contributed by atoms with Crippen LogP contribution in [0.4, 0.5) is 29.2 Å². The molecule has 0 saturated carbocycles. The van der Waals surface area contributed by atoms with E-state index < -0.39 is 35.5 Å². The SMILES string of the molecule is NC(=O)CC1CN(c2cc(C(F)(F)F)c(-c3nc4c(c(N5CCOCC5)n3)CCN(C(=O)c3cc(Cc5n[nH]c(=O)c6ccccc56)ccc3F)C4)cn2)CCO1. The molecule has 0 radical (unpaired) electrons. The van der Waals surface area contributed by atoms with Gasteiger partial charge in [0.15, 0.2) is 5.82 Å². The first-order chi connectivity index (χ1) is 27.4. The van der Waals surface area contributed by atoms with Crippen LogP contribution in [0, 0.1) is 5.82 Å². The van der Waals surface area contributed by atoms with Gasteiger partial charge in [0, 0.05) is 61.9 Å². The Morgan fingerprint density at radius 1 is 0.965 bits per heavy atom. The molecule has 5 aromatic rings. The maximum Gasteiger partial charge on any atom is 0.417 e. The predicted molar refractivity (Wildman–Crippen MR) is 199 cm³/mol. The zero-order chi connectivity index (χ0) is 39.8. The summed E-state index contributed by atoms with van der Waals surface area (Å²) in [7, 11) is 0. The molecule has 2 saturated heterocycles. The van der Waals surface area contributed by atoms with Crippen molar-refractivity contribution in [3.8, 4) is 11.4 Å². The summed E-state index contributed by atoms with van der Waals surface area (Å²) in [5.74, 6) is -1.68. The number of ether oxygens (including phenoxy) is 2. The molecule has 2 fully saturated rings. The number of carbonyl (C=O) groups is 2. The van der Waals surface area contributed by atoms with E-state index in [-0.39, 0.29) is 80.4 Å². The number of nitrogens with one attached hydrogen (secondary N) is 1. The summed E-state index contributed by atoms with van der Waals surface area (Å²) < 4.78 is 71.1. The highest BCUT2D eigenvalue weighted by Crippen LogP contribution is 2.39. The summed E-state index contributed by atoms with van der Waals surface area (Å²) in [6.45, 7) is 2.28. The molecule has 18 heteroatoms. The van der Waals surface area contributed by atoms with Crippen molar-refractivity contribution in [3.05, 3.63) is 105 Å². The minimum absolute atomic E-state index is 0.0424. The van der Waals surface area contributed by atoms with Crippen LogP contribution in [-0.2, 0) is 39.8 Å². The first-order valence-corrected chi connectivity index (χ1v) is 18.4. The normalized spacial score (nSPS) is 17.5. The van der Waals surface area contributed by atoms with Gasteiger partial charge in [-0.3, -0.25) is 14.4 Å². The summed E-state index contributed by atoms with van der Waals surface area (Å²) in [5, 5.41) is 7.78. The van der Waals surface area contributed by atoms with Gasteiger partial charge in [-0.2, -0.15) is 18.3 Å². The van der Waals surface area contributed by atoms with Crippen LogP contribution < -0.4 is 21.1 Å². The largest absolute Gasteiger partial charge is 0.417 e. The van der Waals surface area contributed by atoms with Crippen molar-refractivity contribution in [2.45, 2.75) is 38.1 Å². The second kappa shape index (κ2) is 15.5. The molecule has 57 heavy (non-hydrogen) atoms. The smallest absolute Gasteiger partial charge is 0.378 e. The van der Waals surface area contributed by atoms with Crippen LogP contribution in [0.1, 0.15) is 44.9 Å². The number of primary amides is 1. The average molecular weight is 788 g/mol. The molecule has 8 rings (SSSR count). The van der Waals surface area contributed by atoms with Crippen molar-refractivity contribution in [2.24, 2.45) is 5.73 Å². The summed E-state index contributed by atoms with van der Waals surface area (Å²) in [4.78, 5) is 56.5. The number of benzene rings is 2. The van der Waals surface area contributed by atoms with Crippen LogP contribution in [0.2, 0.25) is 0 Å². The summed E-state index contributed by atoms with van der Waals surface area (Å²) in [6.07, 6.45) is -3.94. The van der Waals surface area contributed by atoms with E-state index in [0.717, 1.165) is 12.3 Å². The fourth-order valence-corrected chi connectivity index (χ4v) is 7.56. The van der Waals surface area contributed by atoms with Crippen molar-refractivity contribution < 1.29 is 36.6 Å². The zero-order valence-corrected chi connectivity index (χ0v) is 30.5. The maximum absolute atomic E-state index is 15.4. The number of rotatable bonds is 8. The molecule has 296 valence electrons. The summed E-state index contributed by atoms with van der Waals surface area (Å²) >= 11 is 0. The molecule has 2 amide bonds. The number of halogens is 4. The standard InChI is InChI=1S/C39H37F4N9O5/c40-30-6-5-22(16-31-24-3-1-2-4-25(24)37(54)49-48-31)15-27(30)38(55)52-8-7-26-32(21-52)46-35(47-36(26)50-9-12-56-13-10-50)28-19-45-34(18-29(28)39(41,42)43)51-11-14-57-23(20-51)17-33(44)53/h1-6,15,18-19,23H,7-14,16-17,20-21H2,(H2,44,53)(H,49,54). The van der Waals surface area contributed by atoms with E-state index in [9.17, 15) is 27.6 Å². The molecule has 2 aromatic carbocycles. The molecular weight excluding hydrogens is 750 g/mol. The van der Waals surface area contributed by atoms with Crippen molar-refractivity contribution in [3.63, 3.8) is 0 Å². The quantitative estimate of drug-likeness (QED) is 0.220. The Bertz CT molecular complexity index is 2420. The number of anilines is 2. The third-order valence-electron chi connectivity index (χ3n) is 10.4. The van der Waals surface area contributed by atoms with Gasteiger partial charge in [0.05, 0.1) is 66.8 Å². The van der Waals surface area contributed by atoms with E-state index >= 15 is 4.39 Å². The lowest BCUT2D eigenvalue weighted by atomic mass is 10.00. The van der Waals surface area contributed by atoms with Crippen LogP contribution in [-0.4, -0.2) is 101 Å². The predicted octanol–water partition coefficient (Wildman–Crippen LogP) is 3.64. The monoisotopic (exact) mass is 787 g/mol. The number of carbonyl (C=O) groups excluding carboxylic acids is 2. The molecular formula is C39H37F4N9O5. The number of alkyl halides is 3. The number of pyridine rings is 1. The lowest BCUT2D eigenvalue weighted by molar-refractivity contribution is -0.137. The number of hydrogen-bond acceptors (Lipinski definition) is 11. The molecule has 3 aromatic heterocycles. The first-order valence-electron chi connectivity index (χ1n) is 18.4. The van der Waals surface area contributed by atoms with Gasteiger partial charge in [-0.15, -0.1) is 0 Å². The van der Waals surface area contributed by atoms with E-state index in [1.54, 1.807) is 35.2 Å². The van der Waals surface area contributed by atoms with Crippen molar-refractivity contribution >= 4 is 34.2 Å². The van der Waals surface area contributed by atoms with Gasteiger partial charge < -0.3 is 29.9 Å². The van der Waals surface area contributed by atoms with Gasteiger partial charge in [0.2, 0.25) is 5.91 Å². The number of aromatic amines is 1. The maximum atomic E-state index is 15.4. The third-order valence-corrected chi connectivity index (χ3v) is 10.4. The number of H-pyrrole nitrogens is 1. The van der Waals surface area contributed by atoms with E-state index in [0.29, 0.717) is 65.4 Å². The number of hydrogen-bond donors (Lipinski definition) is 2. The summed E-state index contributed by atoms with van der Waals surface area (Å²) in [6, 6.07) is 12.1. The van der Waals surface area contributed by atoms with E-state index in [2.05, 4.69) is 20.2 Å². The molecule has 0 aliphatic carbocycles. The molecule has 14 nitrogen and oxygen atoms in total. The molecule has 0 spiro atoms. The van der Waals surface area contributed by atoms with Crippen LogP contribution in [0.3, 0.4) is 0 Å². The topological polar surface area (TPSA) is 173 Å². The number of morpholine rings is 2. The van der Waals surface area contributed by atoms with Gasteiger partial charge in [0.1, 0.15) is 17.5 Å². The van der Waals surface area contributed by atoms with E-state index in [1.165, 1.54) is 17.0 Å². The zero-order valence-electron chi connectivity index (χ0n) is 30.5. The lowest BCUT2D eigenvalue weighted by Crippen LogP contribution is -2.44. The Morgan fingerprint density at radius 3 is 2.51 bits per heavy atom. The second-order valence-electron chi connectivity index (χ2n) is 14.1. The van der Waals surface area contributed by atoms with E-state index in [1.807, 2.05) is 4.90 Å². The number of fused-ring (bicyclic) bond motifs is 2. The van der Waals surface area contributed by atoms with Gasteiger partial charge in [-0.25, -0.2) is 24.4 Å². The summed E-state index contributed by atoms with van der Waals surface area (Å²) in [5.41, 5.74) is 5.57. The number of amides is 2. The molecule has 3 N–H and O–H groups in total. The Hall–Kier alpha value is -6.01. The van der Waals surface area contributed by atoms with Crippen molar-refractivity contribution in [1.29, 1.82) is 0 Å². The highest BCUT2D eigenvalue weighted by atomic mass is 19.4. The molecule has 3 aliphatic rings. The number of aromatic nitrogens is 5. The third kappa shape index (κ3) is 7.86. The van der Waals surface area contributed by atoms with Crippen molar-refractivity contribution in [2.75, 3.05) is 62.3 Å². The van der Waals surface area contributed by atoms with Gasteiger partial charge in [-0.1, -0.05) is 24.3 Å². The second-order valence-corrected chi connectivity index (χ2v) is 14.1. The Kier molecular flexibility index (Phi) is 10.3. The minimum atomic E-state index is -4.83. The molecule has 0 bridgehead atoms. The highest BCUT2D eigenvalue weighted by Gasteiger charge is 2.38. The molecule has 1 unspecified atom stereocenters. The van der Waals surface area contributed by atoms with Gasteiger partial charge >= 0.3 is 6.18 Å². The fraction of sp³-hybridized carbons (Fsp3) is 0.359. The average Bonchev–Trinajstić information content (AvgIpc) is 3.21. The van der Waals surface area contributed by atoms with Crippen LogP contribution >= 0.6 is 0 Å². The number of nitrogens with two attached hydrogens (primary N) is 1.